The molecule has 1 fully saturated rings. The van der Waals surface area contributed by atoms with Crippen LogP contribution >= 0.6 is 0 Å². The number of unbranched alkanes of at least 4 members (excludes halogenated alkanes) is 1. The van der Waals surface area contributed by atoms with Crippen LogP contribution < -0.4 is 10.6 Å². The third-order valence-electron chi connectivity index (χ3n) is 9.01. The number of nitrogens with two attached hydrogens (primary N) is 1. The first-order chi connectivity index (χ1) is 18.4. The molecule has 39 heavy (non-hydrogen) atoms. The number of rotatable bonds is 9. The summed E-state index contributed by atoms with van der Waals surface area (Å²) in [7, 11) is 0. The minimum Gasteiger partial charge on any atom is -0.396 e. The van der Waals surface area contributed by atoms with Crippen LogP contribution in [0.1, 0.15) is 84.3 Å². The van der Waals surface area contributed by atoms with E-state index in [2.05, 4.69) is 69.0 Å². The number of benzene rings is 1. The third kappa shape index (κ3) is 6.47. The third-order valence-corrected chi connectivity index (χ3v) is 9.01. The van der Waals surface area contributed by atoms with Gasteiger partial charge >= 0.3 is 0 Å². The van der Waals surface area contributed by atoms with E-state index in [0.29, 0.717) is 19.4 Å². The zero-order chi connectivity index (χ0) is 28.4. The van der Waals surface area contributed by atoms with Crippen molar-refractivity contribution in [1.82, 2.24) is 9.88 Å². The van der Waals surface area contributed by atoms with Crippen LogP contribution in [0.4, 0.5) is 5.82 Å². The fourth-order valence-electron chi connectivity index (χ4n) is 6.18. The molecule has 2 heterocycles. The number of anilines is 1. The number of aliphatic hydroxyl groups is 2. The van der Waals surface area contributed by atoms with Gasteiger partial charge in [0.05, 0.1) is 11.8 Å². The van der Waals surface area contributed by atoms with E-state index in [1.54, 1.807) is 6.92 Å². The van der Waals surface area contributed by atoms with Gasteiger partial charge in [-0.1, -0.05) is 45.9 Å². The Morgan fingerprint density at radius 1 is 1.08 bits per heavy atom. The van der Waals surface area contributed by atoms with Gasteiger partial charge in [-0.15, -0.1) is 0 Å². The predicted molar refractivity (Wildman–Crippen MR) is 158 cm³/mol. The van der Waals surface area contributed by atoms with Crippen LogP contribution in [0.5, 0.6) is 0 Å². The Morgan fingerprint density at radius 3 is 2.38 bits per heavy atom. The smallest absolute Gasteiger partial charge is 0.242 e. The molecule has 1 aromatic heterocycles. The number of nitrogens with zero attached hydrogens (tertiary/aromatic N) is 3. The van der Waals surface area contributed by atoms with Crippen molar-refractivity contribution in [3.8, 4) is 11.3 Å². The van der Waals surface area contributed by atoms with Gasteiger partial charge in [0.15, 0.2) is 0 Å². The maximum atomic E-state index is 13.1. The first-order valence-electron chi connectivity index (χ1n) is 14.7. The average molecular weight is 537 g/mol. The van der Waals surface area contributed by atoms with Crippen LogP contribution in [-0.2, 0) is 15.6 Å². The number of pyridine rings is 1. The van der Waals surface area contributed by atoms with E-state index in [4.69, 9.17) is 10.7 Å². The van der Waals surface area contributed by atoms with Gasteiger partial charge in [-0.3, -0.25) is 4.79 Å². The van der Waals surface area contributed by atoms with E-state index < -0.39 is 12.1 Å². The minimum absolute atomic E-state index is 0.0617. The lowest BCUT2D eigenvalue weighted by molar-refractivity contribution is -0.137. The number of hydrogen-bond donors (Lipinski definition) is 3. The van der Waals surface area contributed by atoms with Crippen molar-refractivity contribution >= 4 is 11.7 Å². The second kappa shape index (κ2) is 11.9. The quantitative estimate of drug-likeness (QED) is 0.411. The number of hydrogen-bond acceptors (Lipinski definition) is 6. The van der Waals surface area contributed by atoms with Gasteiger partial charge < -0.3 is 25.7 Å². The van der Waals surface area contributed by atoms with Gasteiger partial charge in [-0.2, -0.15) is 0 Å². The van der Waals surface area contributed by atoms with Crippen molar-refractivity contribution in [2.45, 2.75) is 102 Å². The van der Waals surface area contributed by atoms with E-state index in [-0.39, 0.29) is 29.4 Å². The van der Waals surface area contributed by atoms with Gasteiger partial charge in [0.1, 0.15) is 11.9 Å². The lowest BCUT2D eigenvalue weighted by atomic mass is 9.63. The molecule has 4 N–H and O–H groups in total. The van der Waals surface area contributed by atoms with Gasteiger partial charge in [-0.05, 0) is 85.6 Å². The number of carbonyl (C=O) groups is 1. The standard InChI is InChI=1S/C32H48N4O3/c1-22(38)29(33)30(39)36(17-6-7-20-37)24-13-18-35(19-14-24)28-10-8-9-27(34-28)23-11-12-25-26(21-23)32(4,5)16-15-31(25,2)3/h8-12,21-22,24,29,37-38H,6-7,13-20,33H2,1-5H3/t22-,29+/m1/s1. The predicted octanol–water partition coefficient (Wildman–Crippen LogP) is 4.38. The summed E-state index contributed by atoms with van der Waals surface area (Å²) in [5, 5.41) is 19.1. The molecule has 0 saturated carbocycles. The molecule has 4 rings (SSSR count). The topological polar surface area (TPSA) is 103 Å². The van der Waals surface area contributed by atoms with Crippen molar-refractivity contribution in [2.24, 2.45) is 5.73 Å². The molecule has 7 heteroatoms. The summed E-state index contributed by atoms with van der Waals surface area (Å²) in [5.41, 5.74) is 11.4. The summed E-state index contributed by atoms with van der Waals surface area (Å²) >= 11 is 0. The zero-order valence-corrected chi connectivity index (χ0v) is 24.5. The van der Waals surface area contributed by atoms with E-state index in [9.17, 15) is 15.0 Å². The number of aromatic nitrogens is 1. The average Bonchev–Trinajstić information content (AvgIpc) is 2.93. The fraction of sp³-hybridized carbons (Fsp3) is 0.625. The Bertz CT molecular complexity index is 1140. The maximum absolute atomic E-state index is 13.1. The molecule has 0 radical (unpaired) electrons. The molecule has 1 amide bonds. The molecule has 214 valence electrons. The van der Waals surface area contributed by atoms with Gasteiger partial charge in [-0.25, -0.2) is 4.98 Å². The van der Waals surface area contributed by atoms with Gasteiger partial charge in [0.2, 0.25) is 5.91 Å². The van der Waals surface area contributed by atoms with Crippen molar-refractivity contribution in [2.75, 3.05) is 31.1 Å². The number of amides is 1. The van der Waals surface area contributed by atoms with Crippen LogP contribution in [0.25, 0.3) is 11.3 Å². The molecule has 1 aliphatic heterocycles. The van der Waals surface area contributed by atoms with Crippen LogP contribution in [0.3, 0.4) is 0 Å². The Morgan fingerprint density at radius 2 is 1.74 bits per heavy atom. The molecule has 1 aliphatic carbocycles. The summed E-state index contributed by atoms with van der Waals surface area (Å²) in [5.74, 6) is 0.752. The normalized spacial score (nSPS) is 20.3. The second-order valence-corrected chi connectivity index (χ2v) is 12.9. The lowest BCUT2D eigenvalue weighted by Gasteiger charge is -2.42. The molecular formula is C32H48N4O3. The van der Waals surface area contributed by atoms with Crippen LogP contribution in [0.2, 0.25) is 0 Å². The first kappa shape index (κ1) is 29.5. The van der Waals surface area contributed by atoms with E-state index in [0.717, 1.165) is 43.0 Å². The Balaban J connectivity index is 1.49. The van der Waals surface area contributed by atoms with E-state index >= 15 is 0 Å². The molecule has 1 saturated heterocycles. The Labute approximate surface area is 234 Å². The molecule has 0 spiro atoms. The molecule has 2 aromatic rings. The molecule has 0 unspecified atom stereocenters. The Hall–Kier alpha value is -2.48. The second-order valence-electron chi connectivity index (χ2n) is 12.9. The highest BCUT2D eigenvalue weighted by Gasteiger charge is 2.37. The van der Waals surface area contributed by atoms with E-state index in [1.165, 1.54) is 24.0 Å². The summed E-state index contributed by atoms with van der Waals surface area (Å²) in [6.45, 7) is 13.2. The highest BCUT2D eigenvalue weighted by atomic mass is 16.3. The molecule has 7 nitrogen and oxygen atoms in total. The molecule has 2 atom stereocenters. The zero-order valence-electron chi connectivity index (χ0n) is 24.5. The Kier molecular flexibility index (Phi) is 9.04. The van der Waals surface area contributed by atoms with Crippen LogP contribution in [0.15, 0.2) is 36.4 Å². The van der Waals surface area contributed by atoms with Crippen molar-refractivity contribution < 1.29 is 15.0 Å². The first-order valence-corrected chi connectivity index (χ1v) is 14.7. The number of piperidine rings is 1. The van der Waals surface area contributed by atoms with Gasteiger partial charge in [0.25, 0.3) is 0 Å². The van der Waals surface area contributed by atoms with Crippen LogP contribution in [0, 0.1) is 0 Å². The SMILES string of the molecule is C[C@@H](O)[C@H](N)C(=O)N(CCCCO)C1CCN(c2cccc(-c3ccc4c(c3)C(C)(C)CCC4(C)C)n2)CC1. The highest BCUT2D eigenvalue weighted by molar-refractivity contribution is 5.82. The minimum atomic E-state index is -0.928. The highest BCUT2D eigenvalue weighted by Crippen LogP contribution is 2.46. The van der Waals surface area contributed by atoms with Crippen molar-refractivity contribution in [3.63, 3.8) is 0 Å². The monoisotopic (exact) mass is 536 g/mol. The summed E-state index contributed by atoms with van der Waals surface area (Å²) in [4.78, 5) is 22.3. The molecule has 1 aromatic carbocycles. The summed E-state index contributed by atoms with van der Waals surface area (Å²) < 4.78 is 0. The van der Waals surface area contributed by atoms with Crippen LogP contribution in [-0.4, -0.2) is 70.4 Å². The molecular weight excluding hydrogens is 488 g/mol. The van der Waals surface area contributed by atoms with E-state index in [1.807, 2.05) is 4.90 Å². The molecule has 0 bridgehead atoms. The number of aliphatic hydroxyl groups excluding tert-OH is 2. The largest absolute Gasteiger partial charge is 0.396 e. The lowest BCUT2D eigenvalue weighted by Crippen LogP contribution is -2.55. The fourth-order valence-corrected chi connectivity index (χ4v) is 6.18. The van der Waals surface area contributed by atoms with Crippen molar-refractivity contribution in [3.05, 3.63) is 47.5 Å². The molecule has 2 aliphatic rings. The summed E-state index contributed by atoms with van der Waals surface area (Å²) in [6.07, 6.45) is 4.46. The van der Waals surface area contributed by atoms with Crippen molar-refractivity contribution in [1.29, 1.82) is 0 Å². The maximum Gasteiger partial charge on any atom is 0.242 e. The summed E-state index contributed by atoms with van der Waals surface area (Å²) in [6, 6.07) is 12.3. The van der Waals surface area contributed by atoms with Gasteiger partial charge in [0, 0.05) is 37.8 Å². The number of fused-ring (bicyclic) bond motifs is 1. The number of carbonyl (C=O) groups excluding carboxylic acids is 1.